The van der Waals surface area contributed by atoms with Crippen LogP contribution < -0.4 is 9.80 Å². The summed E-state index contributed by atoms with van der Waals surface area (Å²) in [4.78, 5) is 4.78. The van der Waals surface area contributed by atoms with Crippen LogP contribution >= 0.6 is 0 Å². The fourth-order valence-electron chi connectivity index (χ4n) is 8.79. The number of fused-ring (bicyclic) bond motifs is 10. The van der Waals surface area contributed by atoms with E-state index in [1.54, 1.807) is 0 Å². The molecule has 0 amide bonds. The minimum absolute atomic E-state index is 0.502. The zero-order valence-electron chi connectivity index (χ0n) is 28.9. The zero-order valence-corrected chi connectivity index (χ0v) is 28.9. The lowest BCUT2D eigenvalue weighted by Crippen LogP contribution is -2.26. The van der Waals surface area contributed by atoms with Crippen LogP contribution in [-0.2, 0) is 5.41 Å². The molecule has 246 valence electrons. The molecule has 0 radical (unpaired) electrons. The monoisotopic (exact) mass is 664 g/mol. The predicted molar refractivity (Wildman–Crippen MR) is 217 cm³/mol. The Labute approximate surface area is 305 Å². The topological polar surface area (TPSA) is 6.48 Å². The van der Waals surface area contributed by atoms with Gasteiger partial charge in [-0.3, -0.25) is 0 Å². The highest BCUT2D eigenvalue weighted by molar-refractivity contribution is 5.97. The van der Waals surface area contributed by atoms with E-state index in [9.17, 15) is 0 Å². The fourth-order valence-corrected chi connectivity index (χ4v) is 8.79. The first-order valence-corrected chi connectivity index (χ1v) is 18.0. The summed E-state index contributed by atoms with van der Waals surface area (Å²) in [6.45, 7) is 2.17. The maximum atomic E-state index is 2.47. The number of hydrogen-bond donors (Lipinski definition) is 0. The standard InChI is InChI=1S/C50H36N2/c1-35-16-15-23-39(32-35)52(38-21-9-4-10-22-38)41-29-31-45-44-30-28-40(51(36-17-5-2-6-18-36)37-19-7-3-8-20-37)33-48(44)50(49(45)34-41)46-26-13-11-24-42(46)43-25-12-14-27-47(43)50/h2-34H,1H3. The first-order valence-electron chi connectivity index (χ1n) is 18.0. The normalized spacial score (nSPS) is 12.9. The molecular formula is C50H36N2. The molecule has 1 spiro atoms. The largest absolute Gasteiger partial charge is 0.310 e. The Balaban J connectivity index is 1.26. The SMILES string of the molecule is Cc1cccc(N(c2ccccc2)c2ccc3c(c2)C2(c4ccccc4-c4ccccc42)c2cc(N(c4ccccc4)c4ccccc4)ccc2-3)c1. The summed E-state index contributed by atoms with van der Waals surface area (Å²) < 4.78 is 0. The molecule has 8 aromatic carbocycles. The molecule has 52 heavy (non-hydrogen) atoms. The van der Waals surface area contributed by atoms with Crippen molar-refractivity contribution in [2.75, 3.05) is 9.80 Å². The third kappa shape index (κ3) is 4.51. The molecule has 0 N–H and O–H groups in total. The second-order valence-corrected chi connectivity index (χ2v) is 13.8. The first kappa shape index (κ1) is 30.2. The van der Waals surface area contributed by atoms with Crippen molar-refractivity contribution in [3.63, 3.8) is 0 Å². The minimum atomic E-state index is -0.502. The predicted octanol–water partition coefficient (Wildman–Crippen LogP) is 13.3. The summed E-state index contributed by atoms with van der Waals surface area (Å²) in [6.07, 6.45) is 0. The summed E-state index contributed by atoms with van der Waals surface area (Å²) in [6, 6.07) is 73.3. The van der Waals surface area contributed by atoms with Crippen molar-refractivity contribution in [2.24, 2.45) is 0 Å². The molecule has 2 heteroatoms. The van der Waals surface area contributed by atoms with Gasteiger partial charge in [0.15, 0.2) is 0 Å². The van der Waals surface area contributed by atoms with Crippen molar-refractivity contribution in [1.29, 1.82) is 0 Å². The summed E-state index contributed by atoms with van der Waals surface area (Å²) in [5.41, 5.74) is 18.0. The molecular weight excluding hydrogens is 629 g/mol. The van der Waals surface area contributed by atoms with Crippen LogP contribution in [0.25, 0.3) is 22.3 Å². The minimum Gasteiger partial charge on any atom is -0.310 e. The van der Waals surface area contributed by atoms with Gasteiger partial charge in [0.05, 0.1) is 5.41 Å². The highest BCUT2D eigenvalue weighted by atomic mass is 15.1. The summed E-state index contributed by atoms with van der Waals surface area (Å²) >= 11 is 0. The van der Waals surface area contributed by atoms with Gasteiger partial charge in [-0.05, 0) is 130 Å². The van der Waals surface area contributed by atoms with Crippen LogP contribution in [0.2, 0.25) is 0 Å². The van der Waals surface area contributed by atoms with Gasteiger partial charge in [-0.1, -0.05) is 127 Å². The van der Waals surface area contributed by atoms with E-state index < -0.39 is 5.41 Å². The lowest BCUT2D eigenvalue weighted by molar-refractivity contribution is 0.793. The average Bonchev–Trinajstić information content (AvgIpc) is 3.66. The van der Waals surface area contributed by atoms with E-state index in [1.165, 1.54) is 50.1 Å². The van der Waals surface area contributed by atoms with Gasteiger partial charge >= 0.3 is 0 Å². The maximum Gasteiger partial charge on any atom is 0.0727 e. The van der Waals surface area contributed by atoms with Crippen LogP contribution in [0.5, 0.6) is 0 Å². The second kappa shape index (κ2) is 12.0. The van der Waals surface area contributed by atoms with Crippen LogP contribution in [-0.4, -0.2) is 0 Å². The number of benzene rings is 8. The van der Waals surface area contributed by atoms with Gasteiger partial charge in [0.25, 0.3) is 0 Å². The highest BCUT2D eigenvalue weighted by Crippen LogP contribution is 2.64. The van der Waals surface area contributed by atoms with E-state index in [1.807, 2.05) is 0 Å². The molecule has 2 aliphatic rings. The number of anilines is 6. The molecule has 10 rings (SSSR count). The Bertz CT molecular complexity index is 2510. The molecule has 0 atom stereocenters. The lowest BCUT2D eigenvalue weighted by atomic mass is 9.70. The molecule has 0 heterocycles. The molecule has 0 saturated heterocycles. The van der Waals surface area contributed by atoms with Crippen molar-refractivity contribution >= 4 is 34.1 Å². The summed E-state index contributed by atoms with van der Waals surface area (Å²) in [5, 5.41) is 0. The Morgan fingerprint density at radius 1 is 0.288 bits per heavy atom. The number of aryl methyl sites for hydroxylation is 1. The third-order valence-electron chi connectivity index (χ3n) is 10.9. The molecule has 8 aromatic rings. The highest BCUT2D eigenvalue weighted by Gasteiger charge is 2.52. The van der Waals surface area contributed by atoms with Crippen molar-refractivity contribution in [3.05, 3.63) is 228 Å². The van der Waals surface area contributed by atoms with Crippen molar-refractivity contribution in [2.45, 2.75) is 12.3 Å². The van der Waals surface area contributed by atoms with Crippen LogP contribution in [0, 0.1) is 6.92 Å². The molecule has 2 aliphatic carbocycles. The molecule has 0 saturated carbocycles. The maximum absolute atomic E-state index is 2.47. The van der Waals surface area contributed by atoms with Crippen LogP contribution in [0.15, 0.2) is 200 Å². The number of rotatable bonds is 6. The number of para-hydroxylation sites is 3. The van der Waals surface area contributed by atoms with Crippen molar-refractivity contribution in [1.82, 2.24) is 0 Å². The smallest absolute Gasteiger partial charge is 0.0727 e. The van der Waals surface area contributed by atoms with Gasteiger partial charge in [0, 0.05) is 34.1 Å². The quantitative estimate of drug-likeness (QED) is 0.175. The molecule has 2 nitrogen and oxygen atoms in total. The van der Waals surface area contributed by atoms with Crippen LogP contribution in [0.4, 0.5) is 34.1 Å². The Hall–Kier alpha value is -6.64. The van der Waals surface area contributed by atoms with Gasteiger partial charge in [-0.25, -0.2) is 0 Å². The Morgan fingerprint density at radius 3 is 1.12 bits per heavy atom. The molecule has 0 aliphatic heterocycles. The van der Waals surface area contributed by atoms with E-state index in [0.29, 0.717) is 0 Å². The van der Waals surface area contributed by atoms with Crippen molar-refractivity contribution < 1.29 is 0 Å². The van der Waals surface area contributed by atoms with Gasteiger partial charge in [-0.15, -0.1) is 0 Å². The van der Waals surface area contributed by atoms with E-state index >= 15 is 0 Å². The first-order chi connectivity index (χ1) is 25.7. The fraction of sp³-hybridized carbons (Fsp3) is 0.0400. The van der Waals surface area contributed by atoms with Gasteiger partial charge in [0.1, 0.15) is 0 Å². The molecule has 0 aromatic heterocycles. The van der Waals surface area contributed by atoms with Crippen LogP contribution in [0.1, 0.15) is 27.8 Å². The number of nitrogens with zero attached hydrogens (tertiary/aromatic N) is 2. The average molecular weight is 665 g/mol. The van der Waals surface area contributed by atoms with Crippen molar-refractivity contribution in [3.8, 4) is 22.3 Å². The van der Waals surface area contributed by atoms with Gasteiger partial charge in [0.2, 0.25) is 0 Å². The molecule has 0 bridgehead atoms. The molecule has 0 unspecified atom stereocenters. The Kier molecular flexibility index (Phi) is 6.97. The number of hydrogen-bond acceptors (Lipinski definition) is 2. The lowest BCUT2D eigenvalue weighted by Gasteiger charge is -2.33. The third-order valence-corrected chi connectivity index (χ3v) is 10.9. The second-order valence-electron chi connectivity index (χ2n) is 13.8. The van der Waals surface area contributed by atoms with Gasteiger partial charge in [-0.2, -0.15) is 0 Å². The van der Waals surface area contributed by atoms with Crippen LogP contribution in [0.3, 0.4) is 0 Å². The summed E-state index contributed by atoms with van der Waals surface area (Å²) in [5.74, 6) is 0. The van der Waals surface area contributed by atoms with E-state index in [4.69, 9.17) is 0 Å². The summed E-state index contributed by atoms with van der Waals surface area (Å²) in [7, 11) is 0. The Morgan fingerprint density at radius 2 is 0.654 bits per heavy atom. The van der Waals surface area contributed by atoms with E-state index in [-0.39, 0.29) is 0 Å². The van der Waals surface area contributed by atoms with Gasteiger partial charge < -0.3 is 9.80 Å². The molecule has 0 fully saturated rings. The van der Waals surface area contributed by atoms with E-state index in [0.717, 1.165) is 34.1 Å². The van der Waals surface area contributed by atoms with E-state index in [2.05, 4.69) is 217 Å². The zero-order chi connectivity index (χ0) is 34.6.